The molecule has 0 atom stereocenters. The lowest BCUT2D eigenvalue weighted by Crippen LogP contribution is -2.25. The second kappa shape index (κ2) is 5.68. The Kier molecular flexibility index (Phi) is 4.52. The van der Waals surface area contributed by atoms with Crippen molar-refractivity contribution in [3.8, 4) is 5.75 Å². The molecule has 0 saturated carbocycles. The minimum atomic E-state index is 0.0379. The fourth-order valence-corrected chi connectivity index (χ4v) is 1.53. The molecule has 0 fully saturated rings. The lowest BCUT2D eigenvalue weighted by Gasteiger charge is -2.21. The standard InChI is InChI=1S/C13H21N3O/c1-9(2)16(3)8-10-5-6-12(17-4)11(7-10)13(14)15/h5-7,9H,8H2,1-4H3,(H3,14,15). The summed E-state index contributed by atoms with van der Waals surface area (Å²) in [5.74, 6) is 0.685. The molecule has 0 aliphatic heterocycles. The van der Waals surface area contributed by atoms with Gasteiger partial charge in [0.2, 0.25) is 0 Å². The first-order chi connectivity index (χ1) is 7.95. The Labute approximate surface area is 103 Å². The molecule has 4 heteroatoms. The molecule has 1 rings (SSSR count). The number of methoxy groups -OCH3 is 1. The molecule has 1 aromatic rings. The summed E-state index contributed by atoms with van der Waals surface area (Å²) in [5, 5.41) is 7.53. The topological polar surface area (TPSA) is 62.3 Å². The van der Waals surface area contributed by atoms with E-state index in [4.69, 9.17) is 15.9 Å². The van der Waals surface area contributed by atoms with Gasteiger partial charge >= 0.3 is 0 Å². The maximum absolute atomic E-state index is 7.53. The molecule has 0 saturated heterocycles. The molecule has 4 nitrogen and oxygen atoms in total. The van der Waals surface area contributed by atoms with Crippen molar-refractivity contribution in [3.63, 3.8) is 0 Å². The minimum Gasteiger partial charge on any atom is -0.496 e. The maximum atomic E-state index is 7.53. The summed E-state index contributed by atoms with van der Waals surface area (Å²) >= 11 is 0. The minimum absolute atomic E-state index is 0.0379. The summed E-state index contributed by atoms with van der Waals surface area (Å²) in [6.45, 7) is 5.13. The molecule has 1 aromatic carbocycles. The van der Waals surface area contributed by atoms with Crippen LogP contribution in [0.3, 0.4) is 0 Å². The predicted molar refractivity (Wildman–Crippen MR) is 70.6 cm³/mol. The zero-order chi connectivity index (χ0) is 13.0. The van der Waals surface area contributed by atoms with Crippen molar-refractivity contribution in [2.75, 3.05) is 14.2 Å². The maximum Gasteiger partial charge on any atom is 0.129 e. The predicted octanol–water partition coefficient (Wildman–Crippen LogP) is 1.82. The molecule has 94 valence electrons. The van der Waals surface area contributed by atoms with Crippen LogP contribution < -0.4 is 10.5 Å². The Balaban J connectivity index is 2.96. The van der Waals surface area contributed by atoms with E-state index in [9.17, 15) is 0 Å². The van der Waals surface area contributed by atoms with Gasteiger partial charge in [-0.25, -0.2) is 0 Å². The molecule has 17 heavy (non-hydrogen) atoms. The molecular weight excluding hydrogens is 214 g/mol. The Morgan fingerprint density at radius 3 is 2.59 bits per heavy atom. The van der Waals surface area contributed by atoms with Gasteiger partial charge in [0.05, 0.1) is 12.7 Å². The highest BCUT2D eigenvalue weighted by molar-refractivity contribution is 5.97. The third-order valence-electron chi connectivity index (χ3n) is 2.87. The number of hydrogen-bond acceptors (Lipinski definition) is 3. The van der Waals surface area contributed by atoms with Gasteiger partial charge in [0.25, 0.3) is 0 Å². The molecule has 0 aliphatic rings. The van der Waals surface area contributed by atoms with Crippen molar-refractivity contribution in [2.24, 2.45) is 5.73 Å². The molecular formula is C13H21N3O. The molecule has 0 unspecified atom stereocenters. The summed E-state index contributed by atoms with van der Waals surface area (Å²) in [5.41, 5.74) is 7.33. The van der Waals surface area contributed by atoms with Crippen LogP contribution in [0.15, 0.2) is 18.2 Å². The van der Waals surface area contributed by atoms with E-state index in [0.717, 1.165) is 12.1 Å². The Hall–Kier alpha value is -1.55. The molecule has 0 aromatic heterocycles. The van der Waals surface area contributed by atoms with Gasteiger partial charge in [0.15, 0.2) is 0 Å². The summed E-state index contributed by atoms with van der Waals surface area (Å²) in [6.07, 6.45) is 0. The van der Waals surface area contributed by atoms with E-state index in [2.05, 4.69) is 25.8 Å². The number of rotatable bonds is 5. The van der Waals surface area contributed by atoms with Crippen LogP contribution in [-0.2, 0) is 6.54 Å². The third kappa shape index (κ3) is 3.46. The van der Waals surface area contributed by atoms with Gasteiger partial charge in [0, 0.05) is 12.6 Å². The van der Waals surface area contributed by atoms with Crippen molar-refractivity contribution >= 4 is 5.84 Å². The highest BCUT2D eigenvalue weighted by Gasteiger charge is 2.09. The monoisotopic (exact) mass is 235 g/mol. The van der Waals surface area contributed by atoms with Crippen molar-refractivity contribution in [1.82, 2.24) is 4.90 Å². The van der Waals surface area contributed by atoms with Crippen LogP contribution in [0.5, 0.6) is 5.75 Å². The summed E-state index contributed by atoms with van der Waals surface area (Å²) in [7, 11) is 3.66. The first-order valence-electron chi connectivity index (χ1n) is 5.67. The van der Waals surface area contributed by atoms with Gasteiger partial charge < -0.3 is 10.5 Å². The van der Waals surface area contributed by atoms with Crippen LogP contribution in [0.1, 0.15) is 25.0 Å². The van der Waals surface area contributed by atoms with Crippen molar-refractivity contribution < 1.29 is 4.74 Å². The molecule has 0 bridgehead atoms. The van der Waals surface area contributed by atoms with E-state index in [-0.39, 0.29) is 5.84 Å². The van der Waals surface area contributed by atoms with Gasteiger partial charge in [-0.05, 0) is 38.6 Å². The number of nitrogens with two attached hydrogens (primary N) is 1. The average Bonchev–Trinajstić information content (AvgIpc) is 2.28. The van der Waals surface area contributed by atoms with Crippen molar-refractivity contribution in [2.45, 2.75) is 26.4 Å². The fourth-order valence-electron chi connectivity index (χ4n) is 1.53. The SMILES string of the molecule is COc1ccc(CN(C)C(C)C)cc1C(=N)N. The van der Waals surface area contributed by atoms with Crippen LogP contribution in [-0.4, -0.2) is 30.9 Å². The normalized spacial score (nSPS) is 10.9. The lowest BCUT2D eigenvalue weighted by atomic mass is 10.1. The fraction of sp³-hybridized carbons (Fsp3) is 0.462. The van der Waals surface area contributed by atoms with Crippen LogP contribution in [0, 0.1) is 5.41 Å². The van der Waals surface area contributed by atoms with Crippen molar-refractivity contribution in [1.29, 1.82) is 5.41 Å². The Bertz CT molecular complexity index is 402. The van der Waals surface area contributed by atoms with Crippen LogP contribution in [0.4, 0.5) is 0 Å². The molecule has 0 amide bonds. The number of nitrogens with one attached hydrogen (secondary N) is 1. The molecule has 0 aliphatic carbocycles. The zero-order valence-electron chi connectivity index (χ0n) is 10.9. The molecule has 0 spiro atoms. The van der Waals surface area contributed by atoms with E-state index >= 15 is 0 Å². The van der Waals surface area contributed by atoms with Gasteiger partial charge in [-0.1, -0.05) is 6.07 Å². The molecule has 0 heterocycles. The second-order valence-electron chi connectivity index (χ2n) is 4.46. The van der Waals surface area contributed by atoms with Gasteiger partial charge in [0.1, 0.15) is 11.6 Å². The summed E-state index contributed by atoms with van der Waals surface area (Å²) in [4.78, 5) is 2.23. The number of benzene rings is 1. The van der Waals surface area contributed by atoms with Crippen LogP contribution in [0.2, 0.25) is 0 Å². The third-order valence-corrected chi connectivity index (χ3v) is 2.87. The van der Waals surface area contributed by atoms with E-state index < -0.39 is 0 Å². The van der Waals surface area contributed by atoms with Crippen LogP contribution >= 0.6 is 0 Å². The summed E-state index contributed by atoms with van der Waals surface area (Å²) < 4.78 is 5.18. The second-order valence-corrected chi connectivity index (χ2v) is 4.46. The molecule has 0 radical (unpaired) electrons. The van der Waals surface area contributed by atoms with Crippen LogP contribution in [0.25, 0.3) is 0 Å². The number of hydrogen-bond donors (Lipinski definition) is 2. The average molecular weight is 235 g/mol. The van der Waals surface area contributed by atoms with E-state index in [1.54, 1.807) is 7.11 Å². The first kappa shape index (κ1) is 13.5. The number of nitrogen functional groups attached to an aromatic ring is 1. The quantitative estimate of drug-likeness (QED) is 0.604. The number of nitrogens with zero attached hydrogens (tertiary/aromatic N) is 1. The van der Waals surface area contributed by atoms with Gasteiger partial charge in [-0.15, -0.1) is 0 Å². The van der Waals surface area contributed by atoms with E-state index in [0.29, 0.717) is 17.4 Å². The number of amidine groups is 1. The summed E-state index contributed by atoms with van der Waals surface area (Å²) in [6, 6.07) is 6.27. The molecule has 3 N–H and O–H groups in total. The smallest absolute Gasteiger partial charge is 0.129 e. The first-order valence-corrected chi connectivity index (χ1v) is 5.67. The van der Waals surface area contributed by atoms with Crippen molar-refractivity contribution in [3.05, 3.63) is 29.3 Å². The zero-order valence-corrected chi connectivity index (χ0v) is 10.9. The number of ether oxygens (including phenoxy) is 1. The van der Waals surface area contributed by atoms with E-state index in [1.165, 1.54) is 0 Å². The highest BCUT2D eigenvalue weighted by atomic mass is 16.5. The van der Waals surface area contributed by atoms with E-state index in [1.807, 2.05) is 18.2 Å². The Morgan fingerprint density at radius 1 is 1.47 bits per heavy atom. The largest absolute Gasteiger partial charge is 0.496 e. The Morgan fingerprint density at radius 2 is 2.12 bits per heavy atom. The van der Waals surface area contributed by atoms with Gasteiger partial charge in [-0.3, -0.25) is 10.3 Å². The lowest BCUT2D eigenvalue weighted by molar-refractivity contribution is 0.265. The van der Waals surface area contributed by atoms with Gasteiger partial charge in [-0.2, -0.15) is 0 Å². The highest BCUT2D eigenvalue weighted by Crippen LogP contribution is 2.20.